The molecule has 2 saturated heterocycles. The van der Waals surface area contributed by atoms with E-state index in [1.165, 1.54) is 0 Å². The molecule has 328 valence electrons. The quantitative estimate of drug-likeness (QED) is 0.136. The van der Waals surface area contributed by atoms with Crippen LogP contribution in [0.15, 0.2) is 0 Å². The van der Waals surface area contributed by atoms with Gasteiger partial charge in [0, 0.05) is 62.4 Å². The normalized spacial score (nSPS) is 34.0. The van der Waals surface area contributed by atoms with Gasteiger partial charge in [0.2, 0.25) is 35.4 Å². The van der Waals surface area contributed by atoms with Gasteiger partial charge in [-0.3, -0.25) is 38.6 Å². The molecule has 10 atom stereocenters. The Morgan fingerprint density at radius 3 is 1.21 bits per heavy atom. The molecule has 0 spiro atoms. The Balaban J connectivity index is 1.22. The molecule has 5 aliphatic rings. The molecule has 3 saturated carbocycles. The number of imide groups is 2. The Morgan fingerprint density at radius 2 is 0.914 bits per heavy atom. The maximum atomic E-state index is 13.9. The smallest absolute Gasteiger partial charge is 0.242 e. The van der Waals surface area contributed by atoms with Crippen molar-refractivity contribution in [1.29, 1.82) is 0 Å². The van der Waals surface area contributed by atoms with Crippen molar-refractivity contribution in [3.63, 3.8) is 0 Å². The Labute approximate surface area is 358 Å². The predicted octanol–water partition coefficient (Wildman–Crippen LogP) is 7.43. The van der Waals surface area contributed by atoms with Gasteiger partial charge < -0.3 is 10.6 Å². The predicted molar refractivity (Wildman–Crippen MR) is 235 cm³/mol. The molecule has 0 aromatic heterocycles. The van der Waals surface area contributed by atoms with Gasteiger partial charge in [0.1, 0.15) is 0 Å². The maximum absolute atomic E-state index is 13.9. The van der Waals surface area contributed by atoms with E-state index in [0.717, 1.165) is 64.2 Å². The minimum Gasteiger partial charge on any atom is -0.359 e. The van der Waals surface area contributed by atoms with Crippen LogP contribution in [-0.4, -0.2) is 93.4 Å². The highest BCUT2D eigenvalue weighted by Crippen LogP contribution is 2.55. The Hall–Kier alpha value is -2.08. The largest absolute Gasteiger partial charge is 0.359 e. The van der Waals surface area contributed by atoms with Crippen LogP contribution in [0.3, 0.4) is 0 Å². The summed E-state index contributed by atoms with van der Waals surface area (Å²) in [5.74, 6) is 4.25. The van der Waals surface area contributed by atoms with Gasteiger partial charge in [-0.05, 0) is 123 Å². The first kappa shape index (κ1) is 47.0. The topological polar surface area (TPSA) is 133 Å². The summed E-state index contributed by atoms with van der Waals surface area (Å²) in [5, 5.41) is 5.32. The average Bonchev–Trinajstić information content (AvgIpc) is 3.63. The van der Waals surface area contributed by atoms with Crippen LogP contribution in [0, 0.1) is 71.0 Å². The highest BCUT2D eigenvalue weighted by atomic mass is 32.2. The lowest BCUT2D eigenvalue weighted by Crippen LogP contribution is -2.48. The van der Waals surface area contributed by atoms with Crippen molar-refractivity contribution in [3.05, 3.63) is 0 Å². The van der Waals surface area contributed by atoms with Crippen LogP contribution in [-0.2, 0) is 28.8 Å². The fourth-order valence-electron chi connectivity index (χ4n) is 10.8. The summed E-state index contributed by atoms with van der Waals surface area (Å²) >= 11 is 3.51. The summed E-state index contributed by atoms with van der Waals surface area (Å²) in [6.07, 6.45) is 9.21. The lowest BCUT2D eigenvalue weighted by atomic mass is 9.54. The summed E-state index contributed by atoms with van der Waals surface area (Å²) in [5.41, 5.74) is 0. The number of carbonyl (C=O) groups excluding carboxylic acids is 6. The van der Waals surface area contributed by atoms with Gasteiger partial charge in [-0.2, -0.15) is 0 Å². The summed E-state index contributed by atoms with van der Waals surface area (Å²) in [6.45, 7) is 19.4. The molecule has 12 heteroatoms. The number of hydrogen-bond acceptors (Lipinski definition) is 8. The fraction of sp³-hybridized carbons (Fsp3) is 0.870. The van der Waals surface area contributed by atoms with Crippen LogP contribution >= 0.6 is 23.5 Å². The standard InChI is InChI=1S/C46H76N4O6S2/c1-25(2)27(5)37(57-39-21-41(51)49(45(39)55)23-31-11-15-33(16-12-31)43(53)47-9)19-35-29(7)30(8)36(35)20-38(28(6)26(3)4)58-40-22-42(52)50(46(40)56)24-32-13-17-34(18-14-32)44(54)48-10/h25-40H,11-24H2,1-10H3,(H,47,53)(H,48,54)/t27-,28-,29-,30+,31?,32?,33?,34?,35-,36+,37?,38-,39?,40?/m1/s1. The number of nitrogens with zero attached hydrogens (tertiary/aromatic N) is 2. The third kappa shape index (κ3) is 10.9. The molecule has 3 aliphatic carbocycles. The molecule has 5 rings (SSSR count). The SMILES string of the molecule is CNC(=O)C1CCC(CN2C(=O)CC(SC(C[C@@H]3[C@H](C)[C@H](C)[C@@H]3C[C@@H](SC3CC(=O)N(CC4CCC(C(=O)NC)CC4)C3=O)[C@H](C)C(C)C)[C@H](C)C(C)C)C2=O)CC1. The molecule has 0 aromatic rings. The second kappa shape index (κ2) is 20.7. The summed E-state index contributed by atoms with van der Waals surface area (Å²) in [6, 6.07) is 0. The first-order valence-corrected chi connectivity index (χ1v) is 24.8. The fourth-order valence-corrected chi connectivity index (χ4v) is 14.4. The Kier molecular flexibility index (Phi) is 16.7. The molecule has 58 heavy (non-hydrogen) atoms. The molecule has 10 nitrogen and oxygen atoms in total. The van der Waals surface area contributed by atoms with Crippen molar-refractivity contribution >= 4 is 59.0 Å². The van der Waals surface area contributed by atoms with E-state index >= 15 is 0 Å². The number of hydrogen-bond donors (Lipinski definition) is 2. The minimum atomic E-state index is -0.351. The maximum Gasteiger partial charge on any atom is 0.242 e. The van der Waals surface area contributed by atoms with Crippen LogP contribution in [0.2, 0.25) is 0 Å². The Morgan fingerprint density at radius 1 is 0.586 bits per heavy atom. The molecule has 2 N–H and O–H groups in total. The van der Waals surface area contributed by atoms with Gasteiger partial charge in [-0.25, -0.2) is 0 Å². The third-order valence-electron chi connectivity index (χ3n) is 15.9. The molecule has 6 amide bonds. The van der Waals surface area contributed by atoms with Crippen molar-refractivity contribution in [2.45, 2.75) is 153 Å². The van der Waals surface area contributed by atoms with E-state index in [0.29, 0.717) is 60.4 Å². The van der Waals surface area contributed by atoms with E-state index in [-0.39, 0.29) is 93.0 Å². The number of thioether (sulfide) groups is 2. The molecule has 2 heterocycles. The van der Waals surface area contributed by atoms with E-state index in [9.17, 15) is 28.8 Å². The van der Waals surface area contributed by atoms with Crippen molar-refractivity contribution in [1.82, 2.24) is 20.4 Å². The van der Waals surface area contributed by atoms with Crippen LogP contribution in [0.25, 0.3) is 0 Å². The van der Waals surface area contributed by atoms with Gasteiger partial charge in [-0.15, -0.1) is 23.5 Å². The second-order valence-corrected chi connectivity index (χ2v) is 22.7. The van der Waals surface area contributed by atoms with E-state index in [1.54, 1.807) is 47.4 Å². The lowest BCUT2D eigenvalue weighted by molar-refractivity contribution is -0.140. The first-order valence-electron chi connectivity index (χ1n) is 22.9. The second-order valence-electron chi connectivity index (χ2n) is 19.8. The number of rotatable bonds is 18. The molecular formula is C46H76N4O6S2. The molecule has 0 bridgehead atoms. The zero-order valence-electron chi connectivity index (χ0n) is 37.3. The molecule has 2 aliphatic heterocycles. The highest BCUT2D eigenvalue weighted by Gasteiger charge is 2.50. The number of amides is 6. The van der Waals surface area contributed by atoms with Crippen molar-refractivity contribution in [3.8, 4) is 0 Å². The average molecular weight is 845 g/mol. The van der Waals surface area contributed by atoms with Gasteiger partial charge in [0.25, 0.3) is 0 Å². The van der Waals surface area contributed by atoms with Crippen LogP contribution < -0.4 is 10.6 Å². The van der Waals surface area contributed by atoms with Gasteiger partial charge in [0.05, 0.1) is 10.5 Å². The van der Waals surface area contributed by atoms with Crippen LogP contribution in [0.1, 0.15) is 132 Å². The Bertz CT molecular complexity index is 1370. The van der Waals surface area contributed by atoms with Crippen LogP contribution in [0.4, 0.5) is 0 Å². The molecular weight excluding hydrogens is 769 g/mol. The molecule has 3 unspecified atom stereocenters. The number of likely N-dealkylation sites (tertiary alicyclic amines) is 2. The highest BCUT2D eigenvalue weighted by molar-refractivity contribution is 8.01. The molecule has 0 radical (unpaired) electrons. The summed E-state index contributed by atoms with van der Waals surface area (Å²) in [4.78, 5) is 82.0. The van der Waals surface area contributed by atoms with E-state index in [2.05, 4.69) is 66.0 Å². The van der Waals surface area contributed by atoms with Gasteiger partial charge >= 0.3 is 0 Å². The number of nitrogens with one attached hydrogen (secondary N) is 2. The molecule has 5 fully saturated rings. The van der Waals surface area contributed by atoms with Crippen molar-refractivity contribution in [2.75, 3.05) is 27.2 Å². The minimum absolute atomic E-state index is 0.0271. The van der Waals surface area contributed by atoms with Crippen molar-refractivity contribution < 1.29 is 28.8 Å². The first-order chi connectivity index (χ1) is 27.4. The third-order valence-corrected chi connectivity index (χ3v) is 19.2. The monoisotopic (exact) mass is 845 g/mol. The zero-order chi connectivity index (χ0) is 42.6. The van der Waals surface area contributed by atoms with E-state index in [4.69, 9.17) is 0 Å². The number of carbonyl (C=O) groups is 6. The van der Waals surface area contributed by atoms with Crippen LogP contribution in [0.5, 0.6) is 0 Å². The lowest BCUT2D eigenvalue weighted by Gasteiger charge is -2.53. The van der Waals surface area contributed by atoms with E-state index in [1.807, 2.05) is 0 Å². The summed E-state index contributed by atoms with van der Waals surface area (Å²) < 4.78 is 0. The van der Waals surface area contributed by atoms with Crippen molar-refractivity contribution in [2.24, 2.45) is 71.0 Å². The van der Waals surface area contributed by atoms with E-state index < -0.39 is 0 Å². The molecule has 0 aromatic carbocycles. The van der Waals surface area contributed by atoms with Gasteiger partial charge in [-0.1, -0.05) is 55.4 Å². The summed E-state index contributed by atoms with van der Waals surface area (Å²) in [7, 11) is 3.36. The zero-order valence-corrected chi connectivity index (χ0v) is 38.9. The van der Waals surface area contributed by atoms with Gasteiger partial charge in [0.15, 0.2) is 0 Å².